The summed E-state index contributed by atoms with van der Waals surface area (Å²) in [5.41, 5.74) is -0.376. The zero-order chi connectivity index (χ0) is 14.9. The van der Waals surface area contributed by atoms with E-state index in [1.54, 1.807) is 4.90 Å². The number of aliphatic hydroxyl groups is 2. The third-order valence-electron chi connectivity index (χ3n) is 3.21. The molecule has 2 rings (SSSR count). The molecule has 1 fully saturated rings. The van der Waals surface area contributed by atoms with Gasteiger partial charge < -0.3 is 10.2 Å². The van der Waals surface area contributed by atoms with Gasteiger partial charge in [-0.1, -0.05) is 0 Å². The maximum Gasteiger partial charge on any atom is 0.280 e. The number of benzene rings is 1. The quantitative estimate of drug-likeness (QED) is 0.589. The average molecular weight is 283 g/mol. The van der Waals surface area contributed by atoms with Gasteiger partial charge in [0.15, 0.2) is 0 Å². The van der Waals surface area contributed by atoms with Crippen LogP contribution in [0.3, 0.4) is 0 Å². The van der Waals surface area contributed by atoms with Crippen LogP contribution in [0.2, 0.25) is 0 Å². The highest BCUT2D eigenvalue weighted by atomic mass is 16.6. The van der Waals surface area contributed by atoms with Crippen LogP contribution in [0.1, 0.15) is 5.56 Å². The minimum atomic E-state index is -0.882. The lowest BCUT2D eigenvalue weighted by atomic mass is 10.1. The molecule has 9 heteroatoms. The predicted octanol–water partition coefficient (Wildman–Crippen LogP) is 0.0404. The molecule has 0 aliphatic carbocycles. The maximum atomic E-state index is 11.0. The van der Waals surface area contributed by atoms with Gasteiger partial charge in [-0.25, -0.2) is 0 Å². The monoisotopic (exact) mass is 283 g/mol. The SMILES string of the molecule is O=[N+]([O-])c1ccc(CN2CC(O)C(O)C2)c([N+](=O)[O-])c1. The van der Waals surface area contributed by atoms with E-state index in [0.29, 0.717) is 5.56 Å². The van der Waals surface area contributed by atoms with Crippen LogP contribution in [0, 0.1) is 20.2 Å². The molecule has 0 bridgehead atoms. The molecule has 108 valence electrons. The van der Waals surface area contributed by atoms with Gasteiger partial charge in [0.25, 0.3) is 11.4 Å². The van der Waals surface area contributed by atoms with Crippen molar-refractivity contribution in [1.29, 1.82) is 0 Å². The fourth-order valence-corrected chi connectivity index (χ4v) is 2.19. The van der Waals surface area contributed by atoms with Crippen LogP contribution in [0.25, 0.3) is 0 Å². The van der Waals surface area contributed by atoms with Crippen LogP contribution in [-0.4, -0.2) is 50.3 Å². The van der Waals surface area contributed by atoms with E-state index in [1.165, 1.54) is 12.1 Å². The molecule has 0 spiro atoms. The average Bonchev–Trinajstić information content (AvgIpc) is 2.68. The number of nitro groups is 2. The summed E-state index contributed by atoms with van der Waals surface area (Å²) in [5, 5.41) is 40.4. The molecule has 0 radical (unpaired) electrons. The second kappa shape index (κ2) is 5.49. The van der Waals surface area contributed by atoms with Gasteiger partial charge in [-0.15, -0.1) is 0 Å². The summed E-state index contributed by atoms with van der Waals surface area (Å²) < 4.78 is 0. The van der Waals surface area contributed by atoms with E-state index in [1.807, 2.05) is 0 Å². The molecular weight excluding hydrogens is 270 g/mol. The maximum absolute atomic E-state index is 11.0. The number of hydrogen-bond donors (Lipinski definition) is 2. The molecule has 2 unspecified atom stereocenters. The normalized spacial score (nSPS) is 22.9. The van der Waals surface area contributed by atoms with Crippen molar-refractivity contribution in [2.75, 3.05) is 13.1 Å². The molecule has 20 heavy (non-hydrogen) atoms. The van der Waals surface area contributed by atoms with Crippen molar-refractivity contribution in [3.05, 3.63) is 44.0 Å². The molecule has 1 saturated heterocycles. The molecule has 1 aliphatic rings. The Balaban J connectivity index is 2.23. The molecule has 1 aromatic rings. The van der Waals surface area contributed by atoms with E-state index in [9.17, 15) is 30.4 Å². The number of hydrogen-bond acceptors (Lipinski definition) is 7. The van der Waals surface area contributed by atoms with Gasteiger partial charge in [0.1, 0.15) is 0 Å². The summed E-state index contributed by atoms with van der Waals surface area (Å²) in [7, 11) is 0. The van der Waals surface area contributed by atoms with Crippen LogP contribution < -0.4 is 0 Å². The van der Waals surface area contributed by atoms with E-state index in [0.717, 1.165) is 6.07 Å². The molecule has 2 atom stereocenters. The topological polar surface area (TPSA) is 130 Å². The van der Waals surface area contributed by atoms with E-state index in [2.05, 4.69) is 0 Å². The van der Waals surface area contributed by atoms with Crippen LogP contribution >= 0.6 is 0 Å². The summed E-state index contributed by atoms with van der Waals surface area (Å²) in [6.07, 6.45) is -1.76. The fourth-order valence-electron chi connectivity index (χ4n) is 2.19. The standard InChI is InChI=1S/C11H13N3O6/c15-10-5-12(6-11(10)16)4-7-1-2-8(13(17)18)3-9(7)14(19)20/h1-3,10-11,15-16H,4-6H2. The summed E-state index contributed by atoms with van der Waals surface area (Å²) in [5.74, 6) is 0. The van der Waals surface area contributed by atoms with Gasteiger partial charge in [-0.05, 0) is 6.07 Å². The summed E-state index contributed by atoms with van der Waals surface area (Å²) in [6, 6.07) is 3.44. The molecule has 2 N–H and O–H groups in total. The van der Waals surface area contributed by atoms with E-state index >= 15 is 0 Å². The Bertz CT molecular complexity index is 539. The van der Waals surface area contributed by atoms with Gasteiger partial charge >= 0.3 is 0 Å². The second-order valence-corrected chi connectivity index (χ2v) is 4.66. The lowest BCUT2D eigenvalue weighted by molar-refractivity contribution is -0.394. The molecule has 1 heterocycles. The Hall–Kier alpha value is -2.10. The first-order valence-electron chi connectivity index (χ1n) is 5.88. The lowest BCUT2D eigenvalue weighted by Crippen LogP contribution is -2.22. The zero-order valence-corrected chi connectivity index (χ0v) is 10.4. The van der Waals surface area contributed by atoms with Crippen molar-refractivity contribution >= 4 is 11.4 Å². The summed E-state index contributed by atoms with van der Waals surface area (Å²) in [6.45, 7) is 0.549. The van der Waals surface area contributed by atoms with Gasteiger partial charge in [0, 0.05) is 31.3 Å². The number of aliphatic hydroxyl groups excluding tert-OH is 2. The van der Waals surface area contributed by atoms with E-state index in [4.69, 9.17) is 0 Å². The Morgan fingerprint density at radius 2 is 1.75 bits per heavy atom. The first-order chi connectivity index (χ1) is 9.38. The minimum Gasteiger partial charge on any atom is -0.389 e. The molecule has 0 aromatic heterocycles. The molecular formula is C11H13N3O6. The van der Waals surface area contributed by atoms with Gasteiger partial charge in [-0.3, -0.25) is 25.1 Å². The van der Waals surface area contributed by atoms with Gasteiger partial charge in [-0.2, -0.15) is 0 Å². The first-order valence-corrected chi connectivity index (χ1v) is 5.88. The number of likely N-dealkylation sites (tertiary alicyclic amines) is 1. The Labute approximate surface area is 113 Å². The second-order valence-electron chi connectivity index (χ2n) is 4.66. The van der Waals surface area contributed by atoms with Crippen molar-refractivity contribution in [2.24, 2.45) is 0 Å². The number of non-ortho nitro benzene ring substituents is 1. The van der Waals surface area contributed by atoms with Crippen LogP contribution in [0.5, 0.6) is 0 Å². The molecule has 1 aliphatic heterocycles. The molecule has 9 nitrogen and oxygen atoms in total. The van der Waals surface area contributed by atoms with Crippen molar-refractivity contribution in [1.82, 2.24) is 4.90 Å². The fraction of sp³-hybridized carbons (Fsp3) is 0.455. The number of β-amino-alcohol motifs (C(OH)–C–C–N with tert-alkyl or cyclic N) is 2. The highest BCUT2D eigenvalue weighted by Crippen LogP contribution is 2.26. The van der Waals surface area contributed by atoms with Crippen LogP contribution in [0.4, 0.5) is 11.4 Å². The largest absolute Gasteiger partial charge is 0.389 e. The zero-order valence-electron chi connectivity index (χ0n) is 10.4. The van der Waals surface area contributed by atoms with Crippen LogP contribution in [0.15, 0.2) is 18.2 Å². The van der Waals surface area contributed by atoms with Gasteiger partial charge in [0.2, 0.25) is 0 Å². The summed E-state index contributed by atoms with van der Waals surface area (Å²) >= 11 is 0. The Morgan fingerprint density at radius 1 is 1.15 bits per heavy atom. The van der Waals surface area contributed by atoms with Gasteiger partial charge in [0.05, 0.1) is 28.1 Å². The van der Waals surface area contributed by atoms with Crippen molar-refractivity contribution in [2.45, 2.75) is 18.8 Å². The smallest absolute Gasteiger partial charge is 0.280 e. The Morgan fingerprint density at radius 3 is 2.25 bits per heavy atom. The Kier molecular flexibility index (Phi) is 3.93. The highest BCUT2D eigenvalue weighted by Gasteiger charge is 2.31. The summed E-state index contributed by atoms with van der Waals surface area (Å²) in [4.78, 5) is 21.9. The van der Waals surface area contributed by atoms with Crippen molar-refractivity contribution < 1.29 is 20.1 Å². The van der Waals surface area contributed by atoms with Crippen molar-refractivity contribution in [3.8, 4) is 0 Å². The highest BCUT2D eigenvalue weighted by molar-refractivity contribution is 5.49. The third-order valence-corrected chi connectivity index (χ3v) is 3.21. The molecule has 1 aromatic carbocycles. The van der Waals surface area contributed by atoms with Crippen molar-refractivity contribution in [3.63, 3.8) is 0 Å². The van der Waals surface area contributed by atoms with E-state index < -0.39 is 22.1 Å². The third kappa shape index (κ3) is 2.90. The first kappa shape index (κ1) is 14.3. The number of rotatable bonds is 4. The predicted molar refractivity (Wildman–Crippen MR) is 67.0 cm³/mol. The number of nitro benzene ring substituents is 2. The lowest BCUT2D eigenvalue weighted by Gasteiger charge is -2.14. The van der Waals surface area contributed by atoms with Crippen LogP contribution in [-0.2, 0) is 6.54 Å². The minimum absolute atomic E-state index is 0.141. The van der Waals surface area contributed by atoms with E-state index in [-0.39, 0.29) is 31.0 Å². The molecule has 0 saturated carbocycles. The number of nitrogens with zero attached hydrogens (tertiary/aromatic N) is 3. The molecule has 0 amide bonds.